The van der Waals surface area contributed by atoms with Crippen LogP contribution >= 0.6 is 0 Å². The predicted octanol–water partition coefficient (Wildman–Crippen LogP) is -4.13. The van der Waals surface area contributed by atoms with Crippen molar-refractivity contribution in [3.8, 4) is 0 Å². The van der Waals surface area contributed by atoms with Gasteiger partial charge in [0.1, 0.15) is 0 Å². The minimum absolute atomic E-state index is 0. The molecule has 0 unspecified atom stereocenters. The van der Waals surface area contributed by atoms with Crippen molar-refractivity contribution in [2.45, 2.75) is 0 Å². The van der Waals surface area contributed by atoms with E-state index in [1.807, 2.05) is 0 Å². The molecule has 0 aromatic heterocycles. The molecule has 6 heteroatoms. The Bertz CT molecular complexity index is 3.90. The summed E-state index contributed by atoms with van der Waals surface area (Å²) >= 11 is 0. The average Bonchev–Trinajstić information content (AvgIpc) is 0. The van der Waals surface area contributed by atoms with Crippen LogP contribution in [0.25, 0.3) is 0 Å². The van der Waals surface area contributed by atoms with Crippen LogP contribution in [0.3, 0.4) is 0 Å². The van der Waals surface area contributed by atoms with Gasteiger partial charge in [-0.2, -0.15) is 0 Å². The summed E-state index contributed by atoms with van der Waals surface area (Å²) < 4.78 is 0. The maximum absolute atomic E-state index is 0. The Morgan fingerprint density at radius 2 is 0.333 bits per heavy atom. The van der Waals surface area contributed by atoms with Crippen LogP contribution in [-0.4, -0.2) is 27.4 Å². The molecular weight excluding hydrogens is 136 g/mol. The van der Waals surface area contributed by atoms with Gasteiger partial charge in [0, 0.05) is 17.1 Å². The second-order valence-electron chi connectivity index (χ2n) is 0. The van der Waals surface area contributed by atoms with Crippen LogP contribution in [-0.2, 0) is 17.1 Å². The van der Waals surface area contributed by atoms with Gasteiger partial charge in [-0.25, -0.2) is 0 Å². The smallest absolute Gasteiger partial charge is 0 e. The molecule has 0 rings (SSSR count). The zero-order chi connectivity index (χ0) is 0. The van der Waals surface area contributed by atoms with Gasteiger partial charge < -0.3 is 27.4 Å². The van der Waals surface area contributed by atoms with Crippen LogP contribution < -0.4 is 0 Å². The summed E-state index contributed by atoms with van der Waals surface area (Å²) in [5.41, 5.74) is 0. The molecule has 6 heavy (non-hydrogen) atoms. The Hall–Kier alpha value is 0.319. The van der Waals surface area contributed by atoms with E-state index >= 15 is 0 Å². The van der Waals surface area contributed by atoms with E-state index in [1.54, 1.807) is 0 Å². The molecule has 0 aromatic carbocycles. The van der Waals surface area contributed by atoms with Crippen LogP contribution in [0.1, 0.15) is 0 Å². The number of hydrogen-bond acceptors (Lipinski definition) is 0. The van der Waals surface area contributed by atoms with Crippen molar-refractivity contribution in [2.75, 3.05) is 0 Å². The van der Waals surface area contributed by atoms with Crippen molar-refractivity contribution >= 4 is 0 Å². The average molecular weight is 146 g/mol. The first-order valence-corrected chi connectivity index (χ1v) is 0. The topological polar surface area (TPSA) is 158 Å². The molecular formula is H10FeO5. The standard InChI is InChI=1S/Fe.5H2O/h;5*1H2. The Labute approximate surface area is 45.4 Å². The van der Waals surface area contributed by atoms with Gasteiger partial charge in [-0.05, 0) is 0 Å². The molecule has 0 aliphatic carbocycles. The Morgan fingerprint density at radius 3 is 0.333 bits per heavy atom. The van der Waals surface area contributed by atoms with Crippen LogP contribution in [0.5, 0.6) is 0 Å². The summed E-state index contributed by atoms with van der Waals surface area (Å²) in [6.07, 6.45) is 0. The summed E-state index contributed by atoms with van der Waals surface area (Å²) in [6, 6.07) is 0. The molecule has 5 nitrogen and oxygen atoms in total. The second kappa shape index (κ2) is 972. The third-order valence-electron chi connectivity index (χ3n) is 0. The number of hydrogen-bond donors (Lipinski definition) is 0. The summed E-state index contributed by atoms with van der Waals surface area (Å²) in [6.45, 7) is 0. The maximum atomic E-state index is 0. The van der Waals surface area contributed by atoms with Gasteiger partial charge in [0.15, 0.2) is 0 Å². The van der Waals surface area contributed by atoms with Crippen molar-refractivity contribution in [2.24, 2.45) is 0 Å². The molecule has 0 bridgehead atoms. The summed E-state index contributed by atoms with van der Waals surface area (Å²) in [7, 11) is 0. The van der Waals surface area contributed by atoms with Gasteiger partial charge in [0.05, 0.1) is 0 Å². The summed E-state index contributed by atoms with van der Waals surface area (Å²) in [5, 5.41) is 0. The fraction of sp³-hybridized carbons (Fsp3) is 0. The van der Waals surface area contributed by atoms with Gasteiger partial charge in [-0.15, -0.1) is 0 Å². The number of rotatable bonds is 0. The zero-order valence-corrected chi connectivity index (χ0v) is 3.96. The Balaban J connectivity index is 0. The first kappa shape index (κ1) is 1750. The first-order chi connectivity index (χ1) is 0. The molecule has 0 saturated carbocycles. The van der Waals surface area contributed by atoms with Crippen LogP contribution in [0, 0.1) is 0 Å². The van der Waals surface area contributed by atoms with Crippen molar-refractivity contribution in [1.29, 1.82) is 0 Å². The molecule has 0 aliphatic rings. The SMILES string of the molecule is O.O.O.O.O.[Fe]. The summed E-state index contributed by atoms with van der Waals surface area (Å²) in [5.74, 6) is 0. The van der Waals surface area contributed by atoms with E-state index in [4.69, 9.17) is 0 Å². The van der Waals surface area contributed by atoms with E-state index in [9.17, 15) is 0 Å². The van der Waals surface area contributed by atoms with Crippen molar-refractivity contribution < 1.29 is 44.4 Å². The van der Waals surface area contributed by atoms with Crippen molar-refractivity contribution in [3.05, 3.63) is 0 Å². The predicted molar refractivity (Wildman–Crippen MR) is 18.1 cm³/mol. The van der Waals surface area contributed by atoms with Crippen LogP contribution in [0.15, 0.2) is 0 Å². The van der Waals surface area contributed by atoms with Crippen LogP contribution in [0.4, 0.5) is 0 Å². The molecule has 0 fully saturated rings. The summed E-state index contributed by atoms with van der Waals surface area (Å²) in [4.78, 5) is 0. The van der Waals surface area contributed by atoms with Gasteiger partial charge in [0.25, 0.3) is 0 Å². The molecule has 0 atom stereocenters. The molecule has 0 aromatic rings. The van der Waals surface area contributed by atoms with Crippen molar-refractivity contribution in [3.63, 3.8) is 0 Å². The molecule has 0 aliphatic heterocycles. The second-order valence-corrected chi connectivity index (χ2v) is 0. The molecule has 48 valence electrons. The van der Waals surface area contributed by atoms with Gasteiger partial charge in [-0.1, -0.05) is 0 Å². The van der Waals surface area contributed by atoms with Gasteiger partial charge in [-0.3, -0.25) is 0 Å². The quantitative estimate of drug-likeness (QED) is 0.304. The molecule has 0 saturated heterocycles. The van der Waals surface area contributed by atoms with E-state index in [0.29, 0.717) is 0 Å². The van der Waals surface area contributed by atoms with Gasteiger partial charge >= 0.3 is 0 Å². The fourth-order valence-corrected chi connectivity index (χ4v) is 0. The molecule has 10 N–H and O–H groups in total. The van der Waals surface area contributed by atoms with E-state index in [1.165, 1.54) is 0 Å². The van der Waals surface area contributed by atoms with E-state index in [0.717, 1.165) is 0 Å². The third-order valence-corrected chi connectivity index (χ3v) is 0. The third kappa shape index (κ3) is 466. The Kier molecular flexibility index (Phi) is 284000. The fourth-order valence-electron chi connectivity index (χ4n) is 0. The molecule has 0 spiro atoms. The van der Waals surface area contributed by atoms with Gasteiger partial charge in [0.2, 0.25) is 0 Å². The van der Waals surface area contributed by atoms with E-state index in [-0.39, 0.29) is 44.4 Å². The monoisotopic (exact) mass is 146 g/mol. The maximum Gasteiger partial charge on any atom is 0 e. The molecule has 0 heterocycles. The minimum Gasteiger partial charge on any atom is -0.412 e. The van der Waals surface area contributed by atoms with Crippen LogP contribution in [0.2, 0.25) is 0 Å². The van der Waals surface area contributed by atoms with E-state index < -0.39 is 0 Å². The van der Waals surface area contributed by atoms with Crippen molar-refractivity contribution in [1.82, 2.24) is 0 Å². The normalized spacial score (nSPS) is 0. The molecule has 0 amide bonds. The minimum atomic E-state index is 0. The zero-order valence-electron chi connectivity index (χ0n) is 2.85. The van der Waals surface area contributed by atoms with E-state index in [2.05, 4.69) is 0 Å². The Morgan fingerprint density at radius 1 is 0.333 bits per heavy atom. The molecule has 0 radical (unpaired) electrons. The first-order valence-electron chi connectivity index (χ1n) is 0. The largest absolute Gasteiger partial charge is 0.412 e.